The summed E-state index contributed by atoms with van der Waals surface area (Å²) in [6.07, 6.45) is -0.758. The Labute approximate surface area is 137 Å². The van der Waals surface area contributed by atoms with Crippen molar-refractivity contribution < 1.29 is 9.84 Å². The van der Waals surface area contributed by atoms with Crippen LogP contribution in [0.3, 0.4) is 0 Å². The predicted octanol–water partition coefficient (Wildman–Crippen LogP) is 5.35. The van der Waals surface area contributed by atoms with Crippen molar-refractivity contribution in [3.63, 3.8) is 0 Å². The molecule has 1 atom stereocenters. The van der Waals surface area contributed by atoms with Crippen molar-refractivity contribution in [1.82, 2.24) is 0 Å². The summed E-state index contributed by atoms with van der Waals surface area (Å²) in [5, 5.41) is 10.2. The minimum atomic E-state index is -0.758. The fraction of sp³-hybridized carbons (Fsp3) is 0.143. The van der Waals surface area contributed by atoms with E-state index in [-0.39, 0.29) is 0 Å². The molecule has 0 heterocycles. The monoisotopic (exact) mass is 448 g/mol. The van der Waals surface area contributed by atoms with Gasteiger partial charge in [-0.15, -0.1) is 0 Å². The Balaban J connectivity index is 2.20. The van der Waals surface area contributed by atoms with E-state index in [2.05, 4.69) is 47.8 Å². The summed E-state index contributed by atoms with van der Waals surface area (Å²) < 4.78 is 4.97. The van der Waals surface area contributed by atoms with Crippen molar-refractivity contribution in [2.45, 2.75) is 8.25 Å². The molecular weight excluding hydrogens is 440 g/mol. The molecule has 5 heteroatoms. The van der Waals surface area contributed by atoms with Crippen LogP contribution in [-0.4, -0.2) is 7.25 Å². The fourth-order valence-electron chi connectivity index (χ4n) is 1.56. The number of aliphatic hydroxyl groups is 1. The van der Waals surface area contributed by atoms with E-state index in [9.17, 15) is 5.11 Å². The molecule has 0 aliphatic carbocycles. The number of hydrogen-bond acceptors (Lipinski definition) is 2. The van der Waals surface area contributed by atoms with Gasteiger partial charge >= 0.3 is 0 Å². The molecule has 0 bridgehead atoms. The van der Waals surface area contributed by atoms with Crippen LogP contribution in [0.1, 0.15) is 11.7 Å². The highest BCUT2D eigenvalue weighted by molar-refractivity contribution is 9.39. The van der Waals surface area contributed by atoms with E-state index in [1.165, 1.54) is 0 Å². The first-order chi connectivity index (χ1) is 8.97. The summed E-state index contributed by atoms with van der Waals surface area (Å²) >= 11 is 9.94. The van der Waals surface area contributed by atoms with E-state index in [4.69, 9.17) is 4.74 Å². The Hall–Kier alpha value is -0.360. The highest BCUT2D eigenvalue weighted by Gasteiger charge is 2.30. The molecule has 1 unspecified atom stereocenters. The zero-order valence-corrected chi connectivity index (χ0v) is 14.5. The van der Waals surface area contributed by atoms with E-state index in [1.807, 2.05) is 48.5 Å². The Morgan fingerprint density at radius 3 is 2.16 bits per heavy atom. The third-order valence-corrected chi connectivity index (χ3v) is 3.76. The zero-order valence-electron chi connectivity index (χ0n) is 9.76. The molecule has 19 heavy (non-hydrogen) atoms. The minimum absolute atomic E-state index is 0.680. The summed E-state index contributed by atoms with van der Waals surface area (Å²) in [6, 6.07) is 16.8. The van der Waals surface area contributed by atoms with Gasteiger partial charge in [0.05, 0.1) is 0 Å². The van der Waals surface area contributed by atoms with Crippen LogP contribution >= 0.6 is 47.8 Å². The van der Waals surface area contributed by atoms with Gasteiger partial charge in [-0.25, -0.2) is 0 Å². The quantitative estimate of drug-likeness (QED) is 0.639. The van der Waals surface area contributed by atoms with Gasteiger partial charge in [0.2, 0.25) is 0 Å². The van der Waals surface area contributed by atoms with E-state index >= 15 is 0 Å². The number of halogens is 3. The maximum Gasteiger partial charge on any atom is 0.164 e. The Morgan fingerprint density at radius 1 is 0.895 bits per heavy atom. The molecule has 0 aliphatic heterocycles. The number of ether oxygens (including phenoxy) is 1. The normalized spacial score (nSPS) is 13.1. The SMILES string of the molecule is OC(c1cccc(Oc2ccccc2)c1)C(Br)(Br)Br. The molecule has 2 rings (SSSR count). The highest BCUT2D eigenvalue weighted by Crippen LogP contribution is 2.45. The number of hydrogen-bond donors (Lipinski definition) is 1. The van der Waals surface area contributed by atoms with Crippen molar-refractivity contribution >= 4 is 47.8 Å². The highest BCUT2D eigenvalue weighted by atomic mass is 80.0. The molecule has 0 radical (unpaired) electrons. The zero-order chi connectivity index (χ0) is 13.9. The predicted molar refractivity (Wildman–Crippen MR) is 87.4 cm³/mol. The summed E-state index contributed by atoms with van der Waals surface area (Å²) in [5.74, 6) is 1.44. The summed E-state index contributed by atoms with van der Waals surface area (Å²) in [4.78, 5) is 0. The molecule has 100 valence electrons. The molecule has 0 saturated heterocycles. The molecule has 1 N–H and O–H groups in total. The van der Waals surface area contributed by atoms with Crippen molar-refractivity contribution in [3.8, 4) is 11.5 Å². The minimum Gasteiger partial charge on any atom is -0.457 e. The van der Waals surface area contributed by atoms with Crippen LogP contribution in [0.5, 0.6) is 11.5 Å². The van der Waals surface area contributed by atoms with E-state index < -0.39 is 8.25 Å². The van der Waals surface area contributed by atoms with Gasteiger partial charge in [-0.1, -0.05) is 78.1 Å². The van der Waals surface area contributed by atoms with Gasteiger partial charge in [-0.3, -0.25) is 0 Å². The topological polar surface area (TPSA) is 29.5 Å². The third kappa shape index (κ3) is 4.31. The number of benzene rings is 2. The van der Waals surface area contributed by atoms with Gasteiger partial charge in [0.25, 0.3) is 0 Å². The molecule has 2 aromatic rings. The van der Waals surface area contributed by atoms with E-state index in [0.717, 1.165) is 11.3 Å². The molecule has 2 nitrogen and oxygen atoms in total. The maximum atomic E-state index is 10.2. The first kappa shape index (κ1) is 15.0. The molecular formula is C14H11Br3O2. The molecule has 0 saturated carbocycles. The van der Waals surface area contributed by atoms with Crippen LogP contribution in [0.25, 0.3) is 0 Å². The van der Waals surface area contributed by atoms with Crippen molar-refractivity contribution in [3.05, 3.63) is 60.2 Å². The second kappa shape index (κ2) is 6.39. The van der Waals surface area contributed by atoms with Crippen LogP contribution in [-0.2, 0) is 0 Å². The summed E-state index contributed by atoms with van der Waals surface area (Å²) in [7, 11) is 0. The Morgan fingerprint density at radius 2 is 1.53 bits per heavy atom. The number of alkyl halides is 3. The van der Waals surface area contributed by atoms with E-state index in [0.29, 0.717) is 5.75 Å². The standard InChI is InChI=1S/C14H11Br3O2/c15-14(16,17)13(18)10-5-4-8-12(9-10)19-11-6-2-1-3-7-11/h1-9,13,18H. The second-order valence-corrected chi connectivity index (χ2v) is 10.9. The first-order valence-corrected chi connectivity index (χ1v) is 7.92. The molecule has 0 aliphatic rings. The summed E-state index contributed by atoms with van der Waals surface area (Å²) in [6.45, 7) is 0. The number of rotatable bonds is 3. The van der Waals surface area contributed by atoms with Crippen LogP contribution in [0.4, 0.5) is 0 Å². The molecule has 0 spiro atoms. The van der Waals surface area contributed by atoms with Crippen LogP contribution in [0, 0.1) is 0 Å². The number of aliphatic hydroxyl groups excluding tert-OH is 1. The van der Waals surface area contributed by atoms with Gasteiger partial charge in [0, 0.05) is 0 Å². The largest absolute Gasteiger partial charge is 0.457 e. The van der Waals surface area contributed by atoms with Crippen molar-refractivity contribution in [2.75, 3.05) is 0 Å². The molecule has 0 amide bonds. The number of para-hydroxylation sites is 1. The van der Waals surface area contributed by atoms with E-state index in [1.54, 1.807) is 6.07 Å². The van der Waals surface area contributed by atoms with Crippen LogP contribution in [0.2, 0.25) is 0 Å². The third-order valence-electron chi connectivity index (χ3n) is 2.46. The average Bonchev–Trinajstić information content (AvgIpc) is 2.38. The lowest BCUT2D eigenvalue weighted by Crippen LogP contribution is -2.14. The van der Waals surface area contributed by atoms with Gasteiger partial charge in [-0.2, -0.15) is 0 Å². The smallest absolute Gasteiger partial charge is 0.164 e. The van der Waals surface area contributed by atoms with Gasteiger partial charge < -0.3 is 9.84 Å². The Kier molecular flexibility index (Phi) is 5.06. The first-order valence-electron chi connectivity index (χ1n) is 5.54. The lowest BCUT2D eigenvalue weighted by Gasteiger charge is -2.20. The average molecular weight is 451 g/mol. The van der Waals surface area contributed by atoms with Crippen LogP contribution in [0.15, 0.2) is 54.6 Å². The lowest BCUT2D eigenvalue weighted by molar-refractivity contribution is 0.193. The molecule has 0 aromatic heterocycles. The van der Waals surface area contributed by atoms with Gasteiger partial charge in [0.15, 0.2) is 2.14 Å². The summed E-state index contributed by atoms with van der Waals surface area (Å²) in [5.41, 5.74) is 0.735. The molecule has 0 fully saturated rings. The lowest BCUT2D eigenvalue weighted by atomic mass is 10.1. The van der Waals surface area contributed by atoms with Crippen molar-refractivity contribution in [1.29, 1.82) is 0 Å². The fourth-order valence-corrected chi connectivity index (χ4v) is 2.35. The van der Waals surface area contributed by atoms with Gasteiger partial charge in [-0.05, 0) is 29.8 Å². The Bertz CT molecular complexity index is 538. The maximum absolute atomic E-state index is 10.2. The van der Waals surface area contributed by atoms with Crippen LogP contribution < -0.4 is 4.74 Å². The van der Waals surface area contributed by atoms with Gasteiger partial charge in [0.1, 0.15) is 17.6 Å². The second-order valence-electron chi connectivity index (χ2n) is 3.93. The van der Waals surface area contributed by atoms with Crippen molar-refractivity contribution in [2.24, 2.45) is 0 Å². The molecule has 2 aromatic carbocycles.